The molecule has 1 rings (SSSR count). The molecule has 0 aliphatic rings. The topological polar surface area (TPSA) is 15.3 Å². The fourth-order valence-corrected chi connectivity index (χ4v) is 2.79. The van der Waals surface area contributed by atoms with Crippen molar-refractivity contribution in [2.45, 2.75) is 47.6 Å². The summed E-state index contributed by atoms with van der Waals surface area (Å²) in [6, 6.07) is 8.83. The highest BCUT2D eigenvalue weighted by atomic mass is 15.1. The molecule has 1 N–H and O–H groups in total. The van der Waals surface area contributed by atoms with E-state index >= 15 is 0 Å². The Morgan fingerprint density at radius 1 is 1.29 bits per heavy atom. The van der Waals surface area contributed by atoms with E-state index in [0.717, 1.165) is 32.1 Å². The first-order chi connectivity index (χ1) is 9.84. The maximum absolute atomic E-state index is 3.63. The molecule has 0 radical (unpaired) electrons. The van der Waals surface area contributed by atoms with Crippen molar-refractivity contribution in [3.8, 4) is 0 Å². The van der Waals surface area contributed by atoms with Gasteiger partial charge in [0, 0.05) is 19.6 Å². The van der Waals surface area contributed by atoms with Crippen LogP contribution in [0.4, 0.5) is 0 Å². The summed E-state index contributed by atoms with van der Waals surface area (Å²) in [5, 5.41) is 3.63. The highest BCUT2D eigenvalue weighted by molar-refractivity contribution is 5.22. The lowest BCUT2D eigenvalue weighted by Gasteiger charge is -2.33. The third kappa shape index (κ3) is 7.10. The Morgan fingerprint density at radius 3 is 2.57 bits per heavy atom. The van der Waals surface area contributed by atoms with Gasteiger partial charge in [-0.05, 0) is 43.8 Å². The normalized spacial score (nSPS) is 14.7. The first-order valence-electron chi connectivity index (χ1n) is 8.29. The first-order valence-corrected chi connectivity index (χ1v) is 8.29. The van der Waals surface area contributed by atoms with Gasteiger partial charge in [-0.25, -0.2) is 0 Å². The van der Waals surface area contributed by atoms with E-state index in [4.69, 9.17) is 0 Å². The molecule has 0 heterocycles. The van der Waals surface area contributed by atoms with E-state index in [9.17, 15) is 0 Å². The van der Waals surface area contributed by atoms with Gasteiger partial charge in [-0.2, -0.15) is 0 Å². The number of rotatable bonds is 9. The number of hydrogen-bond acceptors (Lipinski definition) is 2. The van der Waals surface area contributed by atoms with Crippen molar-refractivity contribution in [1.29, 1.82) is 0 Å². The average molecular weight is 290 g/mol. The number of aryl methyl sites for hydroxylation is 1. The van der Waals surface area contributed by atoms with Crippen LogP contribution in [0.15, 0.2) is 24.3 Å². The number of hydrogen-bond donors (Lipinski definition) is 1. The Balaban J connectivity index is 2.51. The van der Waals surface area contributed by atoms with Gasteiger partial charge >= 0.3 is 0 Å². The minimum Gasteiger partial charge on any atom is -0.316 e. The van der Waals surface area contributed by atoms with Crippen molar-refractivity contribution in [2.75, 3.05) is 26.7 Å². The zero-order valence-corrected chi connectivity index (χ0v) is 14.9. The third-order valence-corrected chi connectivity index (χ3v) is 4.14. The van der Waals surface area contributed by atoms with E-state index in [-0.39, 0.29) is 0 Å². The Hall–Kier alpha value is -0.860. The number of nitrogens with one attached hydrogen (secondary N) is 1. The predicted octanol–water partition coefficient (Wildman–Crippen LogP) is 4.09. The Bertz CT molecular complexity index is 414. The summed E-state index contributed by atoms with van der Waals surface area (Å²) in [7, 11) is 2.23. The van der Waals surface area contributed by atoms with E-state index in [1.54, 1.807) is 0 Å². The summed E-state index contributed by atoms with van der Waals surface area (Å²) >= 11 is 0. The molecule has 1 aromatic carbocycles. The molecule has 0 bridgehead atoms. The van der Waals surface area contributed by atoms with E-state index in [2.05, 4.69) is 76.1 Å². The molecule has 0 aromatic heterocycles. The van der Waals surface area contributed by atoms with Gasteiger partial charge in [0.15, 0.2) is 0 Å². The van der Waals surface area contributed by atoms with Gasteiger partial charge < -0.3 is 10.2 Å². The molecule has 21 heavy (non-hydrogen) atoms. The van der Waals surface area contributed by atoms with Crippen molar-refractivity contribution >= 4 is 0 Å². The minimum atomic E-state index is 0.341. The first kappa shape index (κ1) is 18.2. The van der Waals surface area contributed by atoms with E-state index < -0.39 is 0 Å². The van der Waals surface area contributed by atoms with Crippen molar-refractivity contribution in [1.82, 2.24) is 10.2 Å². The molecule has 120 valence electrons. The Morgan fingerprint density at radius 2 is 2.00 bits per heavy atom. The molecule has 1 aromatic rings. The van der Waals surface area contributed by atoms with Crippen LogP contribution in [0.3, 0.4) is 0 Å². The second-order valence-corrected chi connectivity index (χ2v) is 7.35. The zero-order valence-electron chi connectivity index (χ0n) is 14.9. The van der Waals surface area contributed by atoms with Crippen LogP contribution in [-0.2, 0) is 6.54 Å². The SMILES string of the molecule is CCC(C)(CNCC(C)C)CN(C)Cc1cccc(C)c1. The molecule has 0 fully saturated rings. The van der Waals surface area contributed by atoms with Gasteiger partial charge in [0.25, 0.3) is 0 Å². The molecule has 2 nitrogen and oxygen atoms in total. The molecule has 0 saturated carbocycles. The van der Waals surface area contributed by atoms with Crippen LogP contribution in [0, 0.1) is 18.3 Å². The van der Waals surface area contributed by atoms with Crippen LogP contribution in [-0.4, -0.2) is 31.6 Å². The molecule has 2 heteroatoms. The average Bonchev–Trinajstić information content (AvgIpc) is 2.38. The van der Waals surface area contributed by atoms with Crippen LogP contribution < -0.4 is 5.32 Å². The van der Waals surface area contributed by atoms with Crippen LogP contribution in [0.25, 0.3) is 0 Å². The van der Waals surface area contributed by atoms with Crippen LogP contribution in [0.5, 0.6) is 0 Å². The summed E-state index contributed by atoms with van der Waals surface area (Å²) < 4.78 is 0. The third-order valence-electron chi connectivity index (χ3n) is 4.14. The van der Waals surface area contributed by atoms with Gasteiger partial charge in [-0.3, -0.25) is 0 Å². The molecule has 0 spiro atoms. The molecule has 0 aliphatic carbocycles. The maximum Gasteiger partial charge on any atom is 0.0231 e. The lowest BCUT2D eigenvalue weighted by atomic mass is 9.86. The molecule has 1 atom stereocenters. The van der Waals surface area contributed by atoms with Gasteiger partial charge in [-0.15, -0.1) is 0 Å². The monoisotopic (exact) mass is 290 g/mol. The summed E-state index contributed by atoms with van der Waals surface area (Å²) in [5.74, 6) is 0.719. The van der Waals surface area contributed by atoms with Crippen molar-refractivity contribution in [2.24, 2.45) is 11.3 Å². The zero-order chi connectivity index (χ0) is 15.9. The van der Waals surface area contributed by atoms with Crippen LogP contribution in [0.2, 0.25) is 0 Å². The molecule has 0 saturated heterocycles. The van der Waals surface area contributed by atoms with Crippen LogP contribution >= 0.6 is 0 Å². The van der Waals surface area contributed by atoms with Crippen molar-refractivity contribution in [3.05, 3.63) is 35.4 Å². The van der Waals surface area contributed by atoms with Gasteiger partial charge in [-0.1, -0.05) is 57.5 Å². The maximum atomic E-state index is 3.63. The standard InChI is InChI=1S/C19H34N2/c1-7-19(5,14-20-12-16(2)3)15-21(6)13-18-10-8-9-17(4)11-18/h8-11,16,20H,7,12-15H2,1-6H3. The molecular formula is C19H34N2. The van der Waals surface area contributed by atoms with Gasteiger partial charge in [0.2, 0.25) is 0 Å². The highest BCUT2D eigenvalue weighted by Gasteiger charge is 2.23. The van der Waals surface area contributed by atoms with Crippen LogP contribution in [0.1, 0.15) is 45.2 Å². The molecule has 0 amide bonds. The largest absolute Gasteiger partial charge is 0.316 e. The fraction of sp³-hybridized carbons (Fsp3) is 0.684. The number of nitrogens with zero attached hydrogens (tertiary/aromatic N) is 1. The van der Waals surface area contributed by atoms with Gasteiger partial charge in [0.1, 0.15) is 0 Å². The lowest BCUT2D eigenvalue weighted by Crippen LogP contribution is -2.41. The van der Waals surface area contributed by atoms with E-state index in [0.29, 0.717) is 5.41 Å². The lowest BCUT2D eigenvalue weighted by molar-refractivity contribution is 0.174. The quantitative estimate of drug-likeness (QED) is 0.737. The Kier molecular flexibility index (Phi) is 7.41. The second kappa shape index (κ2) is 8.55. The van der Waals surface area contributed by atoms with E-state index in [1.165, 1.54) is 17.5 Å². The van der Waals surface area contributed by atoms with Crippen molar-refractivity contribution in [3.63, 3.8) is 0 Å². The Labute approximate surface area is 131 Å². The molecule has 0 aliphatic heterocycles. The summed E-state index contributed by atoms with van der Waals surface area (Å²) in [6.07, 6.45) is 1.20. The minimum absolute atomic E-state index is 0.341. The summed E-state index contributed by atoms with van der Waals surface area (Å²) in [4.78, 5) is 2.45. The second-order valence-electron chi connectivity index (χ2n) is 7.35. The van der Waals surface area contributed by atoms with Crippen molar-refractivity contribution < 1.29 is 0 Å². The summed E-state index contributed by atoms with van der Waals surface area (Å²) in [5.41, 5.74) is 3.09. The summed E-state index contributed by atoms with van der Waals surface area (Å²) in [6.45, 7) is 15.8. The smallest absolute Gasteiger partial charge is 0.0231 e. The molecule has 1 unspecified atom stereocenters. The molecular weight excluding hydrogens is 256 g/mol. The predicted molar refractivity (Wildman–Crippen MR) is 93.6 cm³/mol. The fourth-order valence-electron chi connectivity index (χ4n) is 2.79. The highest BCUT2D eigenvalue weighted by Crippen LogP contribution is 2.22. The number of benzene rings is 1. The van der Waals surface area contributed by atoms with E-state index in [1.807, 2.05) is 0 Å². The van der Waals surface area contributed by atoms with Gasteiger partial charge in [0.05, 0.1) is 0 Å².